The van der Waals surface area contributed by atoms with Crippen LogP contribution in [0.1, 0.15) is 51.4 Å². The van der Waals surface area contributed by atoms with Gasteiger partial charge < -0.3 is 9.84 Å². The predicted molar refractivity (Wildman–Crippen MR) is 67.4 cm³/mol. The summed E-state index contributed by atoms with van der Waals surface area (Å²) in [6, 6.07) is 0. The predicted octanol–water partition coefficient (Wildman–Crippen LogP) is 3.26. The first kappa shape index (κ1) is 11.6. The Morgan fingerprint density at radius 2 is 1.94 bits per heavy atom. The molecule has 0 aromatic carbocycles. The van der Waals surface area contributed by atoms with E-state index < -0.39 is 0 Å². The molecule has 2 aliphatic carbocycles. The SMILES string of the molecule is OC(C1=CCCO1)C1CCC2CCCCC2C1. The van der Waals surface area contributed by atoms with E-state index in [2.05, 4.69) is 6.08 Å². The third-order valence-corrected chi connectivity index (χ3v) is 5.05. The molecule has 17 heavy (non-hydrogen) atoms. The van der Waals surface area contributed by atoms with Gasteiger partial charge in [0, 0.05) is 6.42 Å². The van der Waals surface area contributed by atoms with Crippen LogP contribution in [0.2, 0.25) is 0 Å². The van der Waals surface area contributed by atoms with Crippen molar-refractivity contribution in [3.05, 3.63) is 11.8 Å². The number of aliphatic hydroxyl groups is 1. The fraction of sp³-hybridized carbons (Fsp3) is 0.867. The summed E-state index contributed by atoms with van der Waals surface area (Å²) >= 11 is 0. The molecule has 0 radical (unpaired) electrons. The van der Waals surface area contributed by atoms with Crippen molar-refractivity contribution in [3.8, 4) is 0 Å². The third-order valence-electron chi connectivity index (χ3n) is 5.05. The molecule has 0 amide bonds. The minimum atomic E-state index is -0.319. The molecule has 1 aliphatic heterocycles. The average Bonchev–Trinajstić information content (AvgIpc) is 2.91. The Kier molecular flexibility index (Phi) is 3.41. The fourth-order valence-corrected chi connectivity index (χ4v) is 4.07. The van der Waals surface area contributed by atoms with Crippen molar-refractivity contribution in [1.82, 2.24) is 0 Å². The molecule has 2 saturated carbocycles. The molecule has 0 aromatic rings. The molecule has 3 aliphatic rings. The van der Waals surface area contributed by atoms with Crippen LogP contribution in [0.4, 0.5) is 0 Å². The van der Waals surface area contributed by atoms with E-state index in [0.29, 0.717) is 5.92 Å². The highest BCUT2D eigenvalue weighted by atomic mass is 16.5. The second kappa shape index (κ2) is 5.01. The summed E-state index contributed by atoms with van der Waals surface area (Å²) in [4.78, 5) is 0. The van der Waals surface area contributed by atoms with E-state index in [0.717, 1.165) is 30.6 Å². The zero-order valence-corrected chi connectivity index (χ0v) is 10.6. The van der Waals surface area contributed by atoms with Crippen LogP contribution in [-0.4, -0.2) is 17.8 Å². The zero-order chi connectivity index (χ0) is 11.7. The lowest BCUT2D eigenvalue weighted by molar-refractivity contribution is 0.0239. The van der Waals surface area contributed by atoms with Crippen molar-refractivity contribution >= 4 is 0 Å². The van der Waals surface area contributed by atoms with Crippen LogP contribution >= 0.6 is 0 Å². The summed E-state index contributed by atoms with van der Waals surface area (Å²) in [7, 11) is 0. The van der Waals surface area contributed by atoms with Gasteiger partial charge in [-0.3, -0.25) is 0 Å². The normalized spacial score (nSPS) is 39.1. The molecular formula is C15H24O2. The number of hydrogen-bond donors (Lipinski definition) is 1. The monoisotopic (exact) mass is 236 g/mol. The fourth-order valence-electron chi connectivity index (χ4n) is 4.07. The molecule has 0 saturated heterocycles. The second-order valence-corrected chi connectivity index (χ2v) is 6.07. The van der Waals surface area contributed by atoms with Gasteiger partial charge in [0.25, 0.3) is 0 Å². The van der Waals surface area contributed by atoms with Gasteiger partial charge in [0.15, 0.2) is 0 Å². The number of aliphatic hydroxyl groups excluding tert-OH is 1. The van der Waals surface area contributed by atoms with Gasteiger partial charge in [0.05, 0.1) is 6.61 Å². The lowest BCUT2D eigenvalue weighted by Crippen LogP contribution is -2.34. The molecule has 0 spiro atoms. The Labute approximate surface area is 104 Å². The van der Waals surface area contributed by atoms with Crippen molar-refractivity contribution in [2.75, 3.05) is 6.61 Å². The first-order valence-electron chi connectivity index (χ1n) is 7.35. The molecule has 0 bridgehead atoms. The molecule has 2 heteroatoms. The van der Waals surface area contributed by atoms with Crippen LogP contribution < -0.4 is 0 Å². The summed E-state index contributed by atoms with van der Waals surface area (Å²) in [5.74, 6) is 3.17. The number of rotatable bonds is 2. The van der Waals surface area contributed by atoms with Gasteiger partial charge >= 0.3 is 0 Å². The number of ether oxygens (including phenoxy) is 1. The van der Waals surface area contributed by atoms with Crippen LogP contribution in [0.3, 0.4) is 0 Å². The first-order valence-corrected chi connectivity index (χ1v) is 7.35. The van der Waals surface area contributed by atoms with E-state index in [-0.39, 0.29) is 6.10 Å². The Morgan fingerprint density at radius 3 is 2.71 bits per heavy atom. The van der Waals surface area contributed by atoms with E-state index >= 15 is 0 Å². The standard InChI is InChI=1S/C15H24O2/c16-15(14-6-3-9-17-14)13-8-7-11-4-1-2-5-12(11)10-13/h6,11-13,15-16H,1-5,7-10H2. The van der Waals surface area contributed by atoms with Gasteiger partial charge in [-0.05, 0) is 43.1 Å². The molecule has 1 heterocycles. The van der Waals surface area contributed by atoms with Gasteiger partial charge in [-0.2, -0.15) is 0 Å². The smallest absolute Gasteiger partial charge is 0.121 e. The minimum Gasteiger partial charge on any atom is -0.495 e. The summed E-state index contributed by atoms with van der Waals surface area (Å²) in [5.41, 5.74) is 0. The van der Waals surface area contributed by atoms with E-state index in [1.54, 1.807) is 0 Å². The Bertz CT molecular complexity index is 297. The van der Waals surface area contributed by atoms with Gasteiger partial charge in [-0.1, -0.05) is 25.7 Å². The maximum atomic E-state index is 10.4. The van der Waals surface area contributed by atoms with Crippen molar-refractivity contribution < 1.29 is 9.84 Å². The van der Waals surface area contributed by atoms with Crippen molar-refractivity contribution in [2.45, 2.75) is 57.5 Å². The van der Waals surface area contributed by atoms with Crippen LogP contribution in [0, 0.1) is 17.8 Å². The number of hydrogen-bond acceptors (Lipinski definition) is 2. The lowest BCUT2D eigenvalue weighted by Gasteiger charge is -2.40. The summed E-state index contributed by atoms with van der Waals surface area (Å²) in [6.07, 6.45) is 12.2. The topological polar surface area (TPSA) is 29.5 Å². The van der Waals surface area contributed by atoms with E-state index in [1.165, 1.54) is 44.9 Å². The highest BCUT2D eigenvalue weighted by Gasteiger charge is 2.36. The van der Waals surface area contributed by atoms with Gasteiger partial charge in [0.2, 0.25) is 0 Å². The second-order valence-electron chi connectivity index (χ2n) is 6.07. The van der Waals surface area contributed by atoms with Crippen LogP contribution in [-0.2, 0) is 4.74 Å². The first-order chi connectivity index (χ1) is 8.34. The molecule has 1 N–H and O–H groups in total. The summed E-state index contributed by atoms with van der Waals surface area (Å²) in [5, 5.41) is 10.4. The molecule has 96 valence electrons. The number of fused-ring (bicyclic) bond motifs is 1. The maximum absolute atomic E-state index is 10.4. The largest absolute Gasteiger partial charge is 0.495 e. The van der Waals surface area contributed by atoms with Crippen molar-refractivity contribution in [2.24, 2.45) is 17.8 Å². The van der Waals surface area contributed by atoms with E-state index in [4.69, 9.17) is 4.74 Å². The Balaban J connectivity index is 1.61. The minimum absolute atomic E-state index is 0.319. The van der Waals surface area contributed by atoms with Crippen LogP contribution in [0.25, 0.3) is 0 Å². The third kappa shape index (κ3) is 2.37. The van der Waals surface area contributed by atoms with Crippen molar-refractivity contribution in [3.63, 3.8) is 0 Å². The zero-order valence-electron chi connectivity index (χ0n) is 10.6. The molecule has 2 fully saturated rings. The molecule has 0 aromatic heterocycles. The maximum Gasteiger partial charge on any atom is 0.121 e. The average molecular weight is 236 g/mol. The molecule has 4 atom stereocenters. The van der Waals surface area contributed by atoms with Crippen molar-refractivity contribution in [1.29, 1.82) is 0 Å². The highest BCUT2D eigenvalue weighted by molar-refractivity contribution is 5.06. The van der Waals surface area contributed by atoms with Crippen LogP contribution in [0.5, 0.6) is 0 Å². The van der Waals surface area contributed by atoms with E-state index in [1.807, 2.05) is 0 Å². The summed E-state index contributed by atoms with van der Waals surface area (Å²) in [6.45, 7) is 0.769. The Morgan fingerprint density at radius 1 is 1.12 bits per heavy atom. The van der Waals surface area contributed by atoms with Crippen LogP contribution in [0.15, 0.2) is 11.8 Å². The molecule has 2 nitrogen and oxygen atoms in total. The van der Waals surface area contributed by atoms with Gasteiger partial charge in [-0.15, -0.1) is 0 Å². The molecular weight excluding hydrogens is 212 g/mol. The highest BCUT2D eigenvalue weighted by Crippen LogP contribution is 2.44. The lowest BCUT2D eigenvalue weighted by atomic mass is 9.66. The Hall–Kier alpha value is -0.500. The quantitative estimate of drug-likeness (QED) is 0.797. The molecule has 3 rings (SSSR count). The molecule has 4 unspecified atom stereocenters. The van der Waals surface area contributed by atoms with Gasteiger partial charge in [-0.25, -0.2) is 0 Å². The van der Waals surface area contributed by atoms with E-state index in [9.17, 15) is 5.11 Å². The summed E-state index contributed by atoms with van der Waals surface area (Å²) < 4.78 is 5.52. The van der Waals surface area contributed by atoms with Gasteiger partial charge in [0.1, 0.15) is 11.9 Å².